The van der Waals surface area contributed by atoms with Gasteiger partial charge in [-0.1, -0.05) is 6.92 Å². The van der Waals surface area contributed by atoms with Crippen LogP contribution in [0, 0.1) is 5.92 Å². The van der Waals surface area contributed by atoms with E-state index in [4.69, 9.17) is 0 Å². The van der Waals surface area contributed by atoms with Crippen LogP contribution in [0.2, 0.25) is 0 Å². The Labute approximate surface area is 74.6 Å². The molecule has 0 aromatic rings. The largest absolute Gasteiger partial charge is 0.395 e. The molecule has 3 atom stereocenters. The Morgan fingerprint density at radius 1 is 1.33 bits per heavy atom. The highest BCUT2D eigenvalue weighted by Gasteiger charge is 2.37. The summed E-state index contributed by atoms with van der Waals surface area (Å²) in [4.78, 5) is 2.54. The number of hydrogen-bond donors (Lipinski definition) is 1. The lowest BCUT2D eigenvalue weighted by atomic mass is 9.87. The lowest BCUT2D eigenvalue weighted by Gasteiger charge is -2.40. The van der Waals surface area contributed by atoms with Gasteiger partial charge in [-0.3, -0.25) is 4.90 Å². The van der Waals surface area contributed by atoms with Gasteiger partial charge in [-0.15, -0.1) is 0 Å². The first kappa shape index (κ1) is 8.52. The summed E-state index contributed by atoms with van der Waals surface area (Å²) in [7, 11) is 0. The first-order valence-electron chi connectivity index (χ1n) is 5.19. The SMILES string of the molecule is C[C@H]1CC[C@@H](CO)N2CCC[C@@H]12. The molecule has 0 spiro atoms. The summed E-state index contributed by atoms with van der Waals surface area (Å²) in [5.41, 5.74) is 0. The molecule has 2 heteroatoms. The summed E-state index contributed by atoms with van der Waals surface area (Å²) in [5.74, 6) is 0.857. The van der Waals surface area contributed by atoms with Crippen LogP contribution in [0.25, 0.3) is 0 Å². The molecule has 0 aromatic heterocycles. The Kier molecular flexibility index (Phi) is 2.37. The molecule has 0 unspecified atom stereocenters. The lowest BCUT2D eigenvalue weighted by molar-refractivity contribution is 0.0448. The van der Waals surface area contributed by atoms with Gasteiger partial charge < -0.3 is 5.11 Å². The van der Waals surface area contributed by atoms with Crippen molar-refractivity contribution >= 4 is 0 Å². The maximum absolute atomic E-state index is 9.18. The predicted molar refractivity (Wildman–Crippen MR) is 49.0 cm³/mol. The van der Waals surface area contributed by atoms with E-state index in [9.17, 15) is 5.11 Å². The summed E-state index contributed by atoms with van der Waals surface area (Å²) in [6.45, 7) is 3.94. The predicted octanol–water partition coefficient (Wildman–Crippen LogP) is 1.24. The third-order valence-electron chi connectivity index (χ3n) is 3.63. The monoisotopic (exact) mass is 169 g/mol. The average Bonchev–Trinajstić information content (AvgIpc) is 2.54. The highest BCUT2D eigenvalue weighted by molar-refractivity contribution is 4.91. The Morgan fingerprint density at radius 3 is 2.92 bits per heavy atom. The second kappa shape index (κ2) is 3.35. The van der Waals surface area contributed by atoms with Crippen molar-refractivity contribution in [2.45, 2.75) is 44.7 Å². The van der Waals surface area contributed by atoms with E-state index in [2.05, 4.69) is 11.8 Å². The molecule has 0 radical (unpaired) electrons. The van der Waals surface area contributed by atoms with Gasteiger partial charge in [-0.05, 0) is 38.1 Å². The molecule has 0 saturated carbocycles. The normalized spacial score (nSPS) is 43.0. The second-order valence-corrected chi connectivity index (χ2v) is 4.34. The van der Waals surface area contributed by atoms with Crippen molar-refractivity contribution in [2.24, 2.45) is 5.92 Å². The number of rotatable bonds is 1. The summed E-state index contributed by atoms with van der Waals surface area (Å²) >= 11 is 0. The van der Waals surface area contributed by atoms with E-state index in [1.54, 1.807) is 0 Å². The van der Waals surface area contributed by atoms with Crippen LogP contribution in [0.3, 0.4) is 0 Å². The molecular weight excluding hydrogens is 150 g/mol. The molecule has 2 aliphatic heterocycles. The van der Waals surface area contributed by atoms with Crippen LogP contribution in [-0.2, 0) is 0 Å². The van der Waals surface area contributed by atoms with E-state index in [0.717, 1.165) is 12.0 Å². The highest BCUT2D eigenvalue weighted by atomic mass is 16.3. The van der Waals surface area contributed by atoms with Gasteiger partial charge in [0.15, 0.2) is 0 Å². The minimum Gasteiger partial charge on any atom is -0.395 e. The van der Waals surface area contributed by atoms with Gasteiger partial charge in [0.05, 0.1) is 6.61 Å². The molecule has 2 rings (SSSR count). The maximum atomic E-state index is 9.18. The standard InChI is InChI=1S/C10H19NO/c1-8-4-5-9(7-12)11-6-2-3-10(8)11/h8-10,12H,2-7H2,1H3/t8-,9-,10-/m0/s1. The molecule has 2 nitrogen and oxygen atoms in total. The molecular formula is C10H19NO. The summed E-state index contributed by atoms with van der Waals surface area (Å²) < 4.78 is 0. The lowest BCUT2D eigenvalue weighted by Crippen LogP contribution is -2.48. The molecule has 0 bridgehead atoms. The van der Waals surface area contributed by atoms with Gasteiger partial charge in [-0.2, -0.15) is 0 Å². The second-order valence-electron chi connectivity index (χ2n) is 4.34. The Morgan fingerprint density at radius 2 is 2.17 bits per heavy atom. The van der Waals surface area contributed by atoms with Crippen molar-refractivity contribution < 1.29 is 5.11 Å². The molecule has 70 valence electrons. The molecule has 2 saturated heterocycles. The van der Waals surface area contributed by atoms with Crippen LogP contribution in [-0.4, -0.2) is 35.2 Å². The quantitative estimate of drug-likeness (QED) is 0.638. The minimum absolute atomic E-state index is 0.364. The first-order valence-corrected chi connectivity index (χ1v) is 5.19. The highest BCUT2D eigenvalue weighted by Crippen LogP contribution is 2.34. The van der Waals surface area contributed by atoms with Gasteiger partial charge >= 0.3 is 0 Å². The van der Waals surface area contributed by atoms with Crippen molar-refractivity contribution in [3.05, 3.63) is 0 Å². The fraction of sp³-hybridized carbons (Fsp3) is 1.00. The molecule has 0 amide bonds. The molecule has 0 aliphatic carbocycles. The smallest absolute Gasteiger partial charge is 0.0586 e. The Bertz CT molecular complexity index is 160. The Balaban J connectivity index is 2.06. The summed E-state index contributed by atoms with van der Waals surface area (Å²) in [5, 5.41) is 9.18. The molecule has 0 aromatic carbocycles. The van der Waals surface area contributed by atoms with Crippen LogP contribution < -0.4 is 0 Å². The van der Waals surface area contributed by atoms with E-state index in [1.165, 1.54) is 32.2 Å². The summed E-state index contributed by atoms with van der Waals surface area (Å²) in [6, 6.07) is 1.27. The number of aliphatic hydroxyl groups is 1. The number of nitrogens with zero attached hydrogens (tertiary/aromatic N) is 1. The molecule has 12 heavy (non-hydrogen) atoms. The topological polar surface area (TPSA) is 23.5 Å². The molecule has 1 N–H and O–H groups in total. The van der Waals surface area contributed by atoms with E-state index in [0.29, 0.717) is 12.6 Å². The number of aliphatic hydroxyl groups excluding tert-OH is 1. The number of fused-ring (bicyclic) bond motifs is 1. The van der Waals surface area contributed by atoms with Crippen molar-refractivity contribution in [3.8, 4) is 0 Å². The third-order valence-corrected chi connectivity index (χ3v) is 3.63. The van der Waals surface area contributed by atoms with Crippen LogP contribution in [0.15, 0.2) is 0 Å². The molecule has 2 heterocycles. The van der Waals surface area contributed by atoms with Crippen molar-refractivity contribution in [2.75, 3.05) is 13.2 Å². The van der Waals surface area contributed by atoms with E-state index in [1.807, 2.05) is 0 Å². The zero-order valence-electron chi connectivity index (χ0n) is 7.87. The zero-order valence-corrected chi connectivity index (χ0v) is 7.87. The van der Waals surface area contributed by atoms with Gasteiger partial charge in [0, 0.05) is 12.1 Å². The minimum atomic E-state index is 0.364. The van der Waals surface area contributed by atoms with E-state index < -0.39 is 0 Å². The van der Waals surface area contributed by atoms with Crippen molar-refractivity contribution in [1.82, 2.24) is 4.90 Å². The molecule has 2 fully saturated rings. The van der Waals surface area contributed by atoms with Crippen molar-refractivity contribution in [3.63, 3.8) is 0 Å². The summed E-state index contributed by atoms with van der Waals surface area (Å²) in [6.07, 6.45) is 5.21. The van der Waals surface area contributed by atoms with Crippen LogP contribution >= 0.6 is 0 Å². The van der Waals surface area contributed by atoms with Gasteiger partial charge in [-0.25, -0.2) is 0 Å². The van der Waals surface area contributed by atoms with Gasteiger partial charge in [0.2, 0.25) is 0 Å². The fourth-order valence-corrected chi connectivity index (χ4v) is 2.89. The maximum Gasteiger partial charge on any atom is 0.0586 e. The number of hydrogen-bond acceptors (Lipinski definition) is 2. The van der Waals surface area contributed by atoms with Crippen LogP contribution in [0.4, 0.5) is 0 Å². The van der Waals surface area contributed by atoms with Crippen molar-refractivity contribution in [1.29, 1.82) is 0 Å². The van der Waals surface area contributed by atoms with Crippen LogP contribution in [0.1, 0.15) is 32.6 Å². The van der Waals surface area contributed by atoms with Gasteiger partial charge in [0.1, 0.15) is 0 Å². The van der Waals surface area contributed by atoms with E-state index in [-0.39, 0.29) is 0 Å². The number of piperidine rings is 1. The fourth-order valence-electron chi connectivity index (χ4n) is 2.89. The van der Waals surface area contributed by atoms with Crippen LogP contribution in [0.5, 0.6) is 0 Å². The molecule has 2 aliphatic rings. The average molecular weight is 169 g/mol. The first-order chi connectivity index (χ1) is 5.83. The van der Waals surface area contributed by atoms with Gasteiger partial charge in [0.25, 0.3) is 0 Å². The zero-order chi connectivity index (χ0) is 8.55. The third kappa shape index (κ3) is 1.27. The van der Waals surface area contributed by atoms with E-state index >= 15 is 0 Å². The Hall–Kier alpha value is -0.0800.